The normalized spacial score (nSPS) is 10.4. The van der Waals surface area contributed by atoms with Gasteiger partial charge in [0, 0.05) is 15.6 Å². The van der Waals surface area contributed by atoms with Crippen molar-refractivity contribution in [2.24, 2.45) is 0 Å². The number of halogens is 1. The Morgan fingerprint density at radius 1 is 1.07 bits per heavy atom. The van der Waals surface area contributed by atoms with Crippen LogP contribution in [0.4, 0.5) is 21.3 Å². The minimum Gasteiger partial charge on any atom is -0.320 e. The molecule has 3 N–H and O–H groups in total. The van der Waals surface area contributed by atoms with Crippen LogP contribution in [0, 0.1) is 6.92 Å². The van der Waals surface area contributed by atoms with Crippen molar-refractivity contribution in [3.05, 3.63) is 64.1 Å². The van der Waals surface area contributed by atoms with Gasteiger partial charge in [-0.2, -0.15) is 0 Å². The van der Waals surface area contributed by atoms with Crippen LogP contribution >= 0.6 is 34.7 Å². The number of nitrogens with one attached hydrogen (secondary N) is 3. The second kappa shape index (κ2) is 9.09. The molecule has 0 atom stereocenters. The van der Waals surface area contributed by atoms with Gasteiger partial charge >= 0.3 is 6.03 Å². The first-order chi connectivity index (χ1) is 13.5. The summed E-state index contributed by atoms with van der Waals surface area (Å²) < 4.78 is 0. The van der Waals surface area contributed by atoms with E-state index in [4.69, 9.17) is 11.6 Å². The number of aryl methyl sites for hydroxylation is 1. The lowest BCUT2D eigenvalue weighted by Crippen LogP contribution is -2.19. The zero-order valence-corrected chi connectivity index (χ0v) is 17.5. The largest absolute Gasteiger partial charge is 0.325 e. The molecule has 3 aromatic rings. The molecule has 2 aromatic carbocycles. The van der Waals surface area contributed by atoms with Crippen molar-refractivity contribution in [1.82, 2.24) is 4.98 Å². The Morgan fingerprint density at radius 3 is 2.61 bits per heavy atom. The maximum atomic E-state index is 12.6. The van der Waals surface area contributed by atoms with Gasteiger partial charge in [0.05, 0.1) is 11.4 Å². The third kappa shape index (κ3) is 5.03. The van der Waals surface area contributed by atoms with Crippen molar-refractivity contribution in [1.29, 1.82) is 0 Å². The number of carbonyl (C=O) groups excluding carboxylic acids is 2. The summed E-state index contributed by atoms with van der Waals surface area (Å²) >= 11 is 8.57. The summed E-state index contributed by atoms with van der Waals surface area (Å²) in [6.07, 6.45) is 1.95. The number of nitrogens with zero attached hydrogens (tertiary/aromatic N) is 1. The predicted octanol–water partition coefficient (Wildman–Crippen LogP) is 5.72. The number of carbonyl (C=O) groups is 2. The Hall–Kier alpha value is -2.55. The summed E-state index contributed by atoms with van der Waals surface area (Å²) in [5, 5.41) is 9.07. The van der Waals surface area contributed by atoms with E-state index in [1.54, 1.807) is 43.0 Å². The predicted molar refractivity (Wildman–Crippen MR) is 117 cm³/mol. The van der Waals surface area contributed by atoms with Gasteiger partial charge in [-0.1, -0.05) is 41.1 Å². The molecule has 0 bridgehead atoms. The summed E-state index contributed by atoms with van der Waals surface area (Å²) in [4.78, 5) is 30.5. The number of thiazole rings is 1. The molecule has 28 heavy (non-hydrogen) atoms. The maximum absolute atomic E-state index is 12.6. The van der Waals surface area contributed by atoms with E-state index in [-0.39, 0.29) is 5.91 Å². The average molecular weight is 433 g/mol. The van der Waals surface area contributed by atoms with Crippen LogP contribution in [0.15, 0.2) is 53.4 Å². The van der Waals surface area contributed by atoms with Crippen molar-refractivity contribution in [3.8, 4) is 0 Å². The van der Waals surface area contributed by atoms with Crippen LogP contribution in [0.25, 0.3) is 0 Å². The van der Waals surface area contributed by atoms with Crippen molar-refractivity contribution < 1.29 is 9.59 Å². The lowest BCUT2D eigenvalue weighted by molar-refractivity contribution is 0.102. The monoisotopic (exact) mass is 432 g/mol. The smallest absolute Gasteiger partial charge is 0.320 e. The Bertz CT molecular complexity index is 1020. The van der Waals surface area contributed by atoms with Gasteiger partial charge < -0.3 is 10.6 Å². The molecule has 1 aromatic heterocycles. The zero-order chi connectivity index (χ0) is 20.1. The van der Waals surface area contributed by atoms with E-state index in [0.29, 0.717) is 26.4 Å². The number of aromatic nitrogens is 1. The van der Waals surface area contributed by atoms with Crippen LogP contribution in [0.3, 0.4) is 0 Å². The highest BCUT2D eigenvalue weighted by atomic mass is 35.5. The number of amides is 3. The standard InChI is InChI=1S/C19H17ClN4O2S2/c1-11-16(17(25)23-14-8-3-4-9-15(14)27-2)28-19(21-11)24-18(26)22-13-7-5-6-12(20)10-13/h3-10H,1-2H3,(H,23,25)(H2,21,22,24,26). The summed E-state index contributed by atoms with van der Waals surface area (Å²) in [6.45, 7) is 1.73. The van der Waals surface area contributed by atoms with Gasteiger partial charge in [0.1, 0.15) is 4.88 Å². The molecule has 1 heterocycles. The number of hydrogen-bond acceptors (Lipinski definition) is 5. The van der Waals surface area contributed by atoms with E-state index in [1.807, 2.05) is 30.5 Å². The molecule has 3 rings (SSSR count). The van der Waals surface area contributed by atoms with E-state index in [1.165, 1.54) is 0 Å². The Kier molecular flexibility index (Phi) is 6.56. The topological polar surface area (TPSA) is 83.1 Å². The molecule has 6 nitrogen and oxygen atoms in total. The quantitative estimate of drug-likeness (QED) is 0.450. The minimum atomic E-state index is -0.462. The summed E-state index contributed by atoms with van der Waals surface area (Å²) in [6, 6.07) is 13.9. The molecule has 0 unspecified atom stereocenters. The van der Waals surface area contributed by atoms with Crippen LogP contribution in [0.5, 0.6) is 0 Å². The van der Waals surface area contributed by atoms with Crippen LogP contribution in [-0.4, -0.2) is 23.2 Å². The molecule has 0 aliphatic rings. The molecular weight excluding hydrogens is 416 g/mol. The Balaban J connectivity index is 1.68. The second-order valence-corrected chi connectivity index (χ2v) is 7.96. The first-order valence-electron chi connectivity index (χ1n) is 8.21. The molecule has 0 aliphatic heterocycles. The van der Waals surface area contributed by atoms with E-state index in [9.17, 15) is 9.59 Å². The summed E-state index contributed by atoms with van der Waals surface area (Å²) in [5.41, 5.74) is 1.84. The van der Waals surface area contributed by atoms with E-state index >= 15 is 0 Å². The van der Waals surface area contributed by atoms with Gasteiger partial charge in [-0.05, 0) is 43.5 Å². The third-order valence-corrected chi connectivity index (χ3v) is 5.76. The van der Waals surface area contributed by atoms with Crippen LogP contribution in [0.2, 0.25) is 5.02 Å². The van der Waals surface area contributed by atoms with Crippen molar-refractivity contribution >= 4 is 63.1 Å². The van der Waals surface area contributed by atoms with Gasteiger partial charge in [0.2, 0.25) is 0 Å². The molecule has 0 fully saturated rings. The van der Waals surface area contributed by atoms with E-state index < -0.39 is 6.03 Å². The number of anilines is 3. The van der Waals surface area contributed by atoms with Gasteiger partial charge in [0.25, 0.3) is 5.91 Å². The number of para-hydroxylation sites is 1. The van der Waals surface area contributed by atoms with E-state index in [0.717, 1.165) is 21.9 Å². The summed E-state index contributed by atoms with van der Waals surface area (Å²) in [7, 11) is 0. The van der Waals surface area contributed by atoms with Crippen LogP contribution in [-0.2, 0) is 0 Å². The number of urea groups is 1. The number of thioether (sulfide) groups is 1. The van der Waals surface area contributed by atoms with Gasteiger partial charge in [-0.15, -0.1) is 11.8 Å². The Labute approximate surface area is 175 Å². The maximum Gasteiger partial charge on any atom is 0.325 e. The number of hydrogen-bond donors (Lipinski definition) is 3. The SMILES string of the molecule is CSc1ccccc1NC(=O)c1sc(NC(=O)Nc2cccc(Cl)c2)nc1C. The molecule has 3 amide bonds. The number of rotatable bonds is 5. The van der Waals surface area contributed by atoms with Crippen molar-refractivity contribution in [3.63, 3.8) is 0 Å². The average Bonchev–Trinajstić information content (AvgIpc) is 3.02. The highest BCUT2D eigenvalue weighted by molar-refractivity contribution is 7.98. The van der Waals surface area contributed by atoms with Crippen LogP contribution < -0.4 is 16.0 Å². The molecule has 0 saturated heterocycles. The van der Waals surface area contributed by atoms with Gasteiger partial charge in [0.15, 0.2) is 5.13 Å². The molecule has 0 saturated carbocycles. The highest BCUT2D eigenvalue weighted by Gasteiger charge is 2.17. The molecular formula is C19H17ClN4O2S2. The molecule has 0 spiro atoms. The van der Waals surface area contributed by atoms with Crippen molar-refractivity contribution in [2.45, 2.75) is 11.8 Å². The zero-order valence-electron chi connectivity index (χ0n) is 15.1. The van der Waals surface area contributed by atoms with Gasteiger partial charge in [-0.3, -0.25) is 10.1 Å². The Morgan fingerprint density at radius 2 is 1.86 bits per heavy atom. The van der Waals surface area contributed by atoms with Crippen molar-refractivity contribution in [2.75, 3.05) is 22.2 Å². The van der Waals surface area contributed by atoms with Gasteiger partial charge in [-0.25, -0.2) is 9.78 Å². The summed E-state index contributed by atoms with van der Waals surface area (Å²) in [5.74, 6) is -0.264. The lowest BCUT2D eigenvalue weighted by atomic mass is 10.3. The molecule has 0 aliphatic carbocycles. The van der Waals surface area contributed by atoms with E-state index in [2.05, 4.69) is 20.9 Å². The highest BCUT2D eigenvalue weighted by Crippen LogP contribution is 2.28. The third-order valence-electron chi connectivity index (χ3n) is 3.66. The fourth-order valence-electron chi connectivity index (χ4n) is 2.41. The fourth-order valence-corrected chi connectivity index (χ4v) is 4.01. The fraction of sp³-hybridized carbons (Fsp3) is 0.105. The molecule has 144 valence electrons. The first-order valence-corrected chi connectivity index (χ1v) is 10.6. The first kappa shape index (κ1) is 20.2. The van der Waals surface area contributed by atoms with Crippen LogP contribution in [0.1, 0.15) is 15.4 Å². The molecule has 9 heteroatoms. The molecule has 0 radical (unpaired) electrons. The number of benzene rings is 2. The minimum absolute atomic E-state index is 0.264. The lowest BCUT2D eigenvalue weighted by Gasteiger charge is -2.08. The second-order valence-electron chi connectivity index (χ2n) is 5.68.